The van der Waals surface area contributed by atoms with Crippen LogP contribution in [0.15, 0.2) is 63.8 Å². The normalized spacial score (nSPS) is 12.1. The van der Waals surface area contributed by atoms with Crippen LogP contribution in [0.1, 0.15) is 22.0 Å². The van der Waals surface area contributed by atoms with Crippen LogP contribution in [0, 0.1) is 0 Å². The molecule has 5 nitrogen and oxygen atoms in total. The van der Waals surface area contributed by atoms with Gasteiger partial charge in [0.25, 0.3) is 5.91 Å². The molecule has 1 amide bonds. The summed E-state index contributed by atoms with van der Waals surface area (Å²) < 4.78 is 5.15. The monoisotopic (exact) mass is 343 g/mol. The van der Waals surface area contributed by atoms with Crippen LogP contribution in [0.2, 0.25) is 5.02 Å². The molecule has 0 aliphatic heterocycles. The van der Waals surface area contributed by atoms with Crippen LogP contribution in [0.4, 0.5) is 0 Å². The van der Waals surface area contributed by atoms with E-state index in [-0.39, 0.29) is 12.2 Å². The fourth-order valence-electron chi connectivity index (χ4n) is 2.41. The molecule has 1 heterocycles. The van der Waals surface area contributed by atoms with Gasteiger partial charge in [0.2, 0.25) is 0 Å². The van der Waals surface area contributed by atoms with Gasteiger partial charge < -0.3 is 14.8 Å². The number of hydrogen-bond donors (Lipinski definition) is 2. The molecule has 0 spiro atoms. The fraction of sp³-hybridized carbons (Fsp3) is 0.111. The molecule has 122 valence electrons. The number of fused-ring (bicyclic) bond motifs is 1. The van der Waals surface area contributed by atoms with Gasteiger partial charge in [0.1, 0.15) is 11.1 Å². The molecule has 1 atom stereocenters. The van der Waals surface area contributed by atoms with Gasteiger partial charge in [0, 0.05) is 10.4 Å². The van der Waals surface area contributed by atoms with Gasteiger partial charge in [0.15, 0.2) is 0 Å². The van der Waals surface area contributed by atoms with E-state index in [0.29, 0.717) is 16.0 Å². The van der Waals surface area contributed by atoms with Crippen molar-refractivity contribution in [2.45, 2.75) is 6.04 Å². The minimum absolute atomic E-state index is 0.140. The summed E-state index contributed by atoms with van der Waals surface area (Å²) in [6, 6.07) is 14.6. The number of amides is 1. The molecule has 0 radical (unpaired) electrons. The van der Waals surface area contributed by atoms with Gasteiger partial charge in [-0.15, -0.1) is 0 Å². The zero-order valence-corrected chi connectivity index (χ0v) is 13.3. The van der Waals surface area contributed by atoms with Gasteiger partial charge in [0.05, 0.1) is 12.6 Å². The summed E-state index contributed by atoms with van der Waals surface area (Å²) in [6.07, 6.45) is 0. The quantitative estimate of drug-likeness (QED) is 0.714. The van der Waals surface area contributed by atoms with Crippen molar-refractivity contribution in [1.82, 2.24) is 5.32 Å². The van der Waals surface area contributed by atoms with E-state index in [1.54, 1.807) is 42.5 Å². The van der Waals surface area contributed by atoms with E-state index < -0.39 is 17.6 Å². The zero-order valence-electron chi connectivity index (χ0n) is 12.5. The second-order valence-corrected chi connectivity index (χ2v) is 5.69. The fourth-order valence-corrected chi connectivity index (χ4v) is 2.59. The Kier molecular flexibility index (Phi) is 4.64. The van der Waals surface area contributed by atoms with Gasteiger partial charge >= 0.3 is 5.63 Å². The average Bonchev–Trinajstić information content (AvgIpc) is 2.60. The van der Waals surface area contributed by atoms with E-state index >= 15 is 0 Å². The highest BCUT2D eigenvalue weighted by Gasteiger charge is 2.18. The van der Waals surface area contributed by atoms with Crippen molar-refractivity contribution in [3.63, 3.8) is 0 Å². The third kappa shape index (κ3) is 3.32. The lowest BCUT2D eigenvalue weighted by Gasteiger charge is -2.16. The summed E-state index contributed by atoms with van der Waals surface area (Å²) in [6.45, 7) is -0.291. The Balaban J connectivity index is 1.93. The van der Waals surface area contributed by atoms with Gasteiger partial charge in [-0.05, 0) is 29.8 Å². The summed E-state index contributed by atoms with van der Waals surface area (Å²) in [5.74, 6) is -0.617. The third-order valence-electron chi connectivity index (χ3n) is 3.63. The molecule has 0 fully saturated rings. The highest BCUT2D eigenvalue weighted by atomic mass is 35.5. The molecule has 0 saturated heterocycles. The predicted molar refractivity (Wildman–Crippen MR) is 91.2 cm³/mol. The minimum atomic E-state index is -0.743. The maximum atomic E-state index is 12.4. The van der Waals surface area contributed by atoms with Crippen molar-refractivity contribution in [3.8, 4) is 0 Å². The molecule has 0 aliphatic rings. The largest absolute Gasteiger partial charge is 0.422 e. The topological polar surface area (TPSA) is 79.5 Å². The number of rotatable bonds is 4. The lowest BCUT2D eigenvalue weighted by Crippen LogP contribution is -2.33. The zero-order chi connectivity index (χ0) is 17.1. The maximum Gasteiger partial charge on any atom is 0.349 e. The Bertz CT molecular complexity index is 937. The van der Waals surface area contributed by atoms with E-state index in [9.17, 15) is 14.7 Å². The van der Waals surface area contributed by atoms with E-state index in [2.05, 4.69) is 5.32 Å². The smallest absolute Gasteiger partial charge is 0.349 e. The summed E-state index contributed by atoms with van der Waals surface area (Å²) in [5.41, 5.74) is 0.204. The number of hydrogen-bond acceptors (Lipinski definition) is 4. The molecule has 2 N–H and O–H groups in total. The summed E-state index contributed by atoms with van der Waals surface area (Å²) in [5, 5.41) is 13.2. The van der Waals surface area contributed by atoms with Crippen molar-refractivity contribution in [1.29, 1.82) is 0 Å². The molecular weight excluding hydrogens is 330 g/mol. The van der Waals surface area contributed by atoms with Gasteiger partial charge in [-0.25, -0.2) is 4.79 Å². The highest BCUT2D eigenvalue weighted by Crippen LogP contribution is 2.19. The average molecular weight is 344 g/mol. The molecule has 1 aromatic heterocycles. The Hall–Kier alpha value is -2.63. The SMILES string of the molecule is O=C(N[C@H](CO)c1ccccc1)c1cc2cc(Cl)ccc2oc1=O. The highest BCUT2D eigenvalue weighted by molar-refractivity contribution is 6.31. The lowest BCUT2D eigenvalue weighted by molar-refractivity contribution is 0.0912. The predicted octanol–water partition coefficient (Wildman–Crippen LogP) is 2.91. The summed E-state index contributed by atoms with van der Waals surface area (Å²) in [7, 11) is 0. The van der Waals surface area contributed by atoms with E-state index in [1.165, 1.54) is 6.07 Å². The molecule has 0 bridgehead atoms. The van der Waals surface area contributed by atoms with Gasteiger partial charge in [-0.2, -0.15) is 0 Å². The van der Waals surface area contributed by atoms with E-state index in [1.807, 2.05) is 6.07 Å². The first-order valence-electron chi connectivity index (χ1n) is 7.28. The van der Waals surface area contributed by atoms with Crippen molar-refractivity contribution in [2.24, 2.45) is 0 Å². The molecule has 2 aromatic carbocycles. The van der Waals surface area contributed by atoms with Crippen LogP contribution in [0.3, 0.4) is 0 Å². The molecule has 6 heteroatoms. The minimum Gasteiger partial charge on any atom is -0.422 e. The number of halogens is 1. The maximum absolute atomic E-state index is 12.4. The molecular formula is C18H14ClNO4. The Morgan fingerprint density at radius 2 is 1.92 bits per heavy atom. The lowest BCUT2D eigenvalue weighted by atomic mass is 10.1. The van der Waals surface area contributed by atoms with Crippen LogP contribution in [-0.2, 0) is 0 Å². The van der Waals surface area contributed by atoms with Crippen molar-refractivity contribution in [3.05, 3.63) is 81.2 Å². The van der Waals surface area contributed by atoms with Crippen molar-refractivity contribution >= 4 is 28.5 Å². The van der Waals surface area contributed by atoms with Crippen LogP contribution >= 0.6 is 11.6 Å². The van der Waals surface area contributed by atoms with E-state index in [0.717, 1.165) is 5.56 Å². The first-order chi connectivity index (χ1) is 11.6. The number of carbonyl (C=O) groups is 1. The standard InChI is InChI=1S/C18H14ClNO4/c19-13-6-7-16-12(8-13)9-14(18(23)24-16)17(22)20-15(10-21)11-4-2-1-3-5-11/h1-9,15,21H,10H2,(H,20,22)/t15-/m1/s1. The van der Waals surface area contributed by atoms with Crippen LogP contribution in [0.5, 0.6) is 0 Å². The van der Waals surface area contributed by atoms with Crippen LogP contribution in [-0.4, -0.2) is 17.6 Å². The van der Waals surface area contributed by atoms with E-state index in [4.69, 9.17) is 16.0 Å². The molecule has 3 aromatic rings. The second kappa shape index (κ2) is 6.86. The Morgan fingerprint density at radius 1 is 1.17 bits per heavy atom. The molecule has 0 saturated carbocycles. The van der Waals surface area contributed by atoms with Gasteiger partial charge in [-0.1, -0.05) is 41.9 Å². The Labute approximate surface area is 142 Å². The molecule has 0 unspecified atom stereocenters. The van der Waals surface area contributed by atoms with Crippen LogP contribution in [0.25, 0.3) is 11.0 Å². The van der Waals surface area contributed by atoms with Gasteiger partial charge in [-0.3, -0.25) is 4.79 Å². The molecule has 24 heavy (non-hydrogen) atoms. The number of benzene rings is 2. The van der Waals surface area contributed by atoms with Crippen molar-refractivity contribution < 1.29 is 14.3 Å². The molecule has 3 rings (SSSR count). The first-order valence-corrected chi connectivity index (χ1v) is 7.66. The second-order valence-electron chi connectivity index (χ2n) is 5.25. The first kappa shape index (κ1) is 16.2. The van der Waals surface area contributed by atoms with Crippen molar-refractivity contribution in [2.75, 3.05) is 6.61 Å². The summed E-state index contributed by atoms with van der Waals surface area (Å²) >= 11 is 5.92. The molecule has 0 aliphatic carbocycles. The number of carbonyl (C=O) groups excluding carboxylic acids is 1. The number of nitrogens with one attached hydrogen (secondary N) is 1. The summed E-state index contributed by atoms with van der Waals surface area (Å²) in [4.78, 5) is 24.5. The number of aliphatic hydroxyl groups excluding tert-OH is 1. The number of aliphatic hydroxyl groups is 1. The van der Waals surface area contributed by atoms with Crippen LogP contribution < -0.4 is 10.9 Å². The Morgan fingerprint density at radius 3 is 2.62 bits per heavy atom. The third-order valence-corrected chi connectivity index (χ3v) is 3.86.